The second kappa shape index (κ2) is 6.06. The second-order valence-corrected chi connectivity index (χ2v) is 5.40. The molecule has 4 heteroatoms. The molecule has 0 fully saturated rings. The zero-order valence-corrected chi connectivity index (χ0v) is 11.4. The quantitative estimate of drug-likeness (QED) is 0.865. The monoisotopic (exact) mass is 263 g/mol. The maximum Gasteiger partial charge on any atom is 0.222 e. The summed E-state index contributed by atoms with van der Waals surface area (Å²) in [6, 6.07) is 7.85. The normalized spacial score (nSPS) is 19.5. The van der Waals surface area contributed by atoms with E-state index >= 15 is 0 Å². The highest BCUT2D eigenvalue weighted by molar-refractivity contribution is 5.76. The van der Waals surface area contributed by atoms with Gasteiger partial charge in [0.15, 0.2) is 0 Å². The first-order valence-corrected chi connectivity index (χ1v) is 6.74. The molecule has 0 aromatic heterocycles. The highest BCUT2D eigenvalue weighted by Gasteiger charge is 2.22. The fraction of sp³-hybridized carbons (Fsp3) is 0.533. The van der Waals surface area contributed by atoms with Crippen LogP contribution in [0, 0.1) is 5.92 Å². The van der Waals surface area contributed by atoms with Crippen molar-refractivity contribution in [2.75, 3.05) is 6.61 Å². The standard InChI is InChI=1S/C15H21NO3/c1-10(2)13(17)8-15(18)16-12-7-11-5-3-4-6-14(11)19-9-12/h3-6,10,12-13,17H,7-9H2,1-2H3,(H,16,18). The lowest BCUT2D eigenvalue weighted by molar-refractivity contribution is -0.124. The summed E-state index contributed by atoms with van der Waals surface area (Å²) >= 11 is 0. The van der Waals surface area contributed by atoms with Gasteiger partial charge in [-0.3, -0.25) is 4.79 Å². The van der Waals surface area contributed by atoms with Gasteiger partial charge in [-0.25, -0.2) is 0 Å². The molecule has 4 nitrogen and oxygen atoms in total. The molecule has 104 valence electrons. The number of ether oxygens (including phenoxy) is 1. The second-order valence-electron chi connectivity index (χ2n) is 5.40. The molecule has 1 aromatic carbocycles. The van der Waals surface area contributed by atoms with Crippen LogP contribution >= 0.6 is 0 Å². The molecule has 1 aliphatic rings. The lowest BCUT2D eigenvalue weighted by Crippen LogP contribution is -2.44. The molecule has 0 saturated heterocycles. The average Bonchev–Trinajstić information content (AvgIpc) is 2.38. The fourth-order valence-electron chi connectivity index (χ4n) is 2.13. The molecule has 1 aliphatic heterocycles. The van der Waals surface area contributed by atoms with Gasteiger partial charge in [0.1, 0.15) is 12.4 Å². The molecule has 2 unspecified atom stereocenters. The Morgan fingerprint density at radius 3 is 2.95 bits per heavy atom. The summed E-state index contributed by atoms with van der Waals surface area (Å²) in [5, 5.41) is 12.6. The molecule has 1 aromatic rings. The van der Waals surface area contributed by atoms with Gasteiger partial charge < -0.3 is 15.2 Å². The summed E-state index contributed by atoms with van der Waals surface area (Å²) in [6.07, 6.45) is 0.340. The van der Waals surface area contributed by atoms with Crippen molar-refractivity contribution in [3.63, 3.8) is 0 Å². The summed E-state index contributed by atoms with van der Waals surface area (Å²) in [6.45, 7) is 4.29. The summed E-state index contributed by atoms with van der Waals surface area (Å²) < 4.78 is 5.61. The lowest BCUT2D eigenvalue weighted by atomic mass is 10.0. The minimum atomic E-state index is -0.586. The maximum absolute atomic E-state index is 11.8. The molecular formula is C15H21NO3. The predicted molar refractivity (Wildman–Crippen MR) is 73.0 cm³/mol. The van der Waals surface area contributed by atoms with Gasteiger partial charge in [0.05, 0.1) is 18.6 Å². The molecule has 2 rings (SSSR count). The van der Waals surface area contributed by atoms with Crippen molar-refractivity contribution in [1.29, 1.82) is 0 Å². The van der Waals surface area contributed by atoms with E-state index in [1.807, 2.05) is 38.1 Å². The van der Waals surface area contributed by atoms with E-state index in [0.717, 1.165) is 17.7 Å². The van der Waals surface area contributed by atoms with Crippen LogP contribution in [-0.4, -0.2) is 29.8 Å². The number of hydrogen-bond acceptors (Lipinski definition) is 3. The van der Waals surface area contributed by atoms with Crippen molar-refractivity contribution in [3.8, 4) is 5.75 Å². The number of fused-ring (bicyclic) bond motifs is 1. The SMILES string of the molecule is CC(C)C(O)CC(=O)NC1COc2ccccc2C1. The molecule has 0 radical (unpaired) electrons. The highest BCUT2D eigenvalue weighted by Crippen LogP contribution is 2.23. The molecule has 0 bridgehead atoms. The van der Waals surface area contributed by atoms with Gasteiger partial charge in [-0.1, -0.05) is 32.0 Å². The fourth-order valence-corrected chi connectivity index (χ4v) is 2.13. The minimum absolute atomic E-state index is 0.0123. The van der Waals surface area contributed by atoms with E-state index in [1.165, 1.54) is 0 Å². The van der Waals surface area contributed by atoms with Crippen LogP contribution in [-0.2, 0) is 11.2 Å². The number of para-hydroxylation sites is 1. The number of rotatable bonds is 4. The van der Waals surface area contributed by atoms with Crippen LogP contribution < -0.4 is 10.1 Å². The van der Waals surface area contributed by atoms with Gasteiger partial charge in [-0.05, 0) is 24.0 Å². The topological polar surface area (TPSA) is 58.6 Å². The summed E-state index contributed by atoms with van der Waals surface area (Å²) in [5.41, 5.74) is 1.11. The zero-order valence-electron chi connectivity index (χ0n) is 11.4. The van der Waals surface area contributed by atoms with Crippen molar-refractivity contribution in [3.05, 3.63) is 29.8 Å². The molecule has 0 aliphatic carbocycles. The smallest absolute Gasteiger partial charge is 0.222 e. The summed E-state index contributed by atoms with van der Waals surface area (Å²) in [4.78, 5) is 11.8. The number of nitrogens with one attached hydrogen (secondary N) is 1. The van der Waals surface area contributed by atoms with Crippen molar-refractivity contribution in [2.45, 2.75) is 38.8 Å². The van der Waals surface area contributed by atoms with Crippen LogP contribution in [0.1, 0.15) is 25.8 Å². The van der Waals surface area contributed by atoms with Gasteiger partial charge in [0.2, 0.25) is 5.91 Å². The van der Waals surface area contributed by atoms with E-state index < -0.39 is 6.10 Å². The Bertz CT molecular complexity index is 445. The number of benzene rings is 1. The number of aliphatic hydroxyl groups is 1. The molecule has 1 heterocycles. The first kappa shape index (κ1) is 13.9. The van der Waals surface area contributed by atoms with E-state index in [2.05, 4.69) is 5.32 Å². The van der Waals surface area contributed by atoms with Crippen LogP contribution in [0.4, 0.5) is 0 Å². The Morgan fingerprint density at radius 1 is 1.47 bits per heavy atom. The van der Waals surface area contributed by atoms with Gasteiger partial charge in [0.25, 0.3) is 0 Å². The molecule has 2 N–H and O–H groups in total. The molecular weight excluding hydrogens is 242 g/mol. The Morgan fingerprint density at radius 2 is 2.21 bits per heavy atom. The van der Waals surface area contributed by atoms with Gasteiger partial charge in [0, 0.05) is 0 Å². The lowest BCUT2D eigenvalue weighted by Gasteiger charge is -2.26. The van der Waals surface area contributed by atoms with Crippen molar-refractivity contribution in [2.24, 2.45) is 5.92 Å². The maximum atomic E-state index is 11.8. The van der Waals surface area contributed by atoms with E-state index in [-0.39, 0.29) is 24.3 Å². The first-order valence-electron chi connectivity index (χ1n) is 6.74. The number of carbonyl (C=O) groups excluding carboxylic acids is 1. The molecule has 0 spiro atoms. The first-order chi connectivity index (χ1) is 9.06. The van der Waals surface area contributed by atoms with Crippen LogP contribution in [0.5, 0.6) is 5.75 Å². The molecule has 19 heavy (non-hydrogen) atoms. The van der Waals surface area contributed by atoms with Crippen LogP contribution in [0.25, 0.3) is 0 Å². The molecule has 2 atom stereocenters. The Hall–Kier alpha value is -1.55. The summed E-state index contributed by atoms with van der Waals surface area (Å²) in [7, 11) is 0. The third kappa shape index (κ3) is 3.70. The number of carbonyl (C=O) groups is 1. The van der Waals surface area contributed by atoms with Crippen LogP contribution in [0.15, 0.2) is 24.3 Å². The summed E-state index contributed by atoms with van der Waals surface area (Å²) in [5.74, 6) is 0.874. The van der Waals surface area contributed by atoms with Crippen molar-refractivity contribution < 1.29 is 14.6 Å². The van der Waals surface area contributed by atoms with Gasteiger partial charge in [-0.15, -0.1) is 0 Å². The van der Waals surface area contributed by atoms with E-state index in [4.69, 9.17) is 4.74 Å². The number of hydrogen-bond donors (Lipinski definition) is 2. The molecule has 1 amide bonds. The average molecular weight is 263 g/mol. The number of aliphatic hydroxyl groups excluding tert-OH is 1. The van der Waals surface area contributed by atoms with Crippen molar-refractivity contribution >= 4 is 5.91 Å². The van der Waals surface area contributed by atoms with Gasteiger partial charge in [-0.2, -0.15) is 0 Å². The highest BCUT2D eigenvalue weighted by atomic mass is 16.5. The van der Waals surface area contributed by atoms with E-state index in [1.54, 1.807) is 0 Å². The van der Waals surface area contributed by atoms with Crippen molar-refractivity contribution in [1.82, 2.24) is 5.32 Å². The zero-order chi connectivity index (χ0) is 13.8. The van der Waals surface area contributed by atoms with E-state index in [9.17, 15) is 9.90 Å². The Balaban J connectivity index is 1.87. The van der Waals surface area contributed by atoms with Gasteiger partial charge >= 0.3 is 0 Å². The number of amides is 1. The molecule has 0 saturated carbocycles. The minimum Gasteiger partial charge on any atom is -0.491 e. The van der Waals surface area contributed by atoms with E-state index in [0.29, 0.717) is 6.61 Å². The Labute approximate surface area is 113 Å². The third-order valence-electron chi connectivity index (χ3n) is 3.41. The predicted octanol–water partition coefficient (Wildman–Crippen LogP) is 1.51. The Kier molecular flexibility index (Phi) is 4.43. The third-order valence-corrected chi connectivity index (χ3v) is 3.41. The van der Waals surface area contributed by atoms with Crippen LogP contribution in [0.2, 0.25) is 0 Å². The largest absolute Gasteiger partial charge is 0.491 e. The van der Waals surface area contributed by atoms with Crippen LogP contribution in [0.3, 0.4) is 0 Å².